The molecule has 3 nitrogen and oxygen atoms in total. The standard InChI is InChI=1S/C17H20BrNO2/c1-11-5-4-6-12(7-11)8-15(19)13-9-16(20-2)17(21-3)10-14(13)18/h4-7,9-10,15H,8,19H2,1-3H3. The first-order chi connectivity index (χ1) is 10.0. The van der Waals surface area contributed by atoms with Gasteiger partial charge in [-0.2, -0.15) is 0 Å². The molecule has 2 N–H and O–H groups in total. The van der Waals surface area contributed by atoms with Gasteiger partial charge in [-0.3, -0.25) is 0 Å². The summed E-state index contributed by atoms with van der Waals surface area (Å²) < 4.78 is 11.6. The number of aryl methyl sites for hydroxylation is 1. The Morgan fingerprint density at radius 1 is 1.10 bits per heavy atom. The van der Waals surface area contributed by atoms with Crippen LogP contribution in [0.1, 0.15) is 22.7 Å². The maximum absolute atomic E-state index is 6.37. The van der Waals surface area contributed by atoms with Gasteiger partial charge in [0.2, 0.25) is 0 Å². The number of ether oxygens (including phenoxy) is 2. The Labute approximate surface area is 134 Å². The predicted octanol–water partition coefficient (Wildman–Crippen LogP) is 4.02. The van der Waals surface area contributed by atoms with E-state index in [1.54, 1.807) is 14.2 Å². The van der Waals surface area contributed by atoms with Gasteiger partial charge in [-0.15, -0.1) is 0 Å². The molecule has 0 bridgehead atoms. The fraction of sp³-hybridized carbons (Fsp3) is 0.294. The van der Waals surface area contributed by atoms with E-state index < -0.39 is 0 Å². The number of methoxy groups -OCH3 is 2. The fourth-order valence-corrected chi connectivity index (χ4v) is 2.97. The van der Waals surface area contributed by atoms with Crippen LogP contribution in [0.3, 0.4) is 0 Å². The van der Waals surface area contributed by atoms with Gasteiger partial charge in [0.25, 0.3) is 0 Å². The molecule has 4 heteroatoms. The molecule has 0 radical (unpaired) electrons. The molecule has 2 rings (SSSR count). The van der Waals surface area contributed by atoms with Crippen molar-refractivity contribution < 1.29 is 9.47 Å². The predicted molar refractivity (Wildman–Crippen MR) is 89.1 cm³/mol. The Morgan fingerprint density at radius 3 is 2.38 bits per heavy atom. The number of hydrogen-bond donors (Lipinski definition) is 1. The lowest BCUT2D eigenvalue weighted by Gasteiger charge is -2.17. The van der Waals surface area contributed by atoms with Gasteiger partial charge in [0.15, 0.2) is 11.5 Å². The van der Waals surface area contributed by atoms with Gasteiger partial charge in [-0.05, 0) is 36.6 Å². The molecule has 1 atom stereocenters. The fourth-order valence-electron chi connectivity index (χ4n) is 2.36. The summed E-state index contributed by atoms with van der Waals surface area (Å²) in [4.78, 5) is 0. The molecule has 0 amide bonds. The highest BCUT2D eigenvalue weighted by molar-refractivity contribution is 9.10. The van der Waals surface area contributed by atoms with Crippen LogP contribution in [0.5, 0.6) is 11.5 Å². The van der Waals surface area contributed by atoms with Crippen molar-refractivity contribution in [3.8, 4) is 11.5 Å². The average molecular weight is 350 g/mol. The molecule has 0 saturated carbocycles. The summed E-state index contributed by atoms with van der Waals surface area (Å²) >= 11 is 3.56. The number of benzene rings is 2. The van der Waals surface area contributed by atoms with E-state index in [0.717, 1.165) is 16.5 Å². The van der Waals surface area contributed by atoms with Crippen LogP contribution in [0.4, 0.5) is 0 Å². The molecule has 0 aliphatic carbocycles. The Hall–Kier alpha value is -1.52. The molecule has 0 aromatic heterocycles. The van der Waals surface area contributed by atoms with E-state index in [9.17, 15) is 0 Å². The first-order valence-electron chi connectivity index (χ1n) is 6.77. The van der Waals surface area contributed by atoms with Gasteiger partial charge >= 0.3 is 0 Å². The molecule has 0 saturated heterocycles. The molecule has 0 spiro atoms. The van der Waals surface area contributed by atoms with Crippen LogP contribution < -0.4 is 15.2 Å². The molecule has 21 heavy (non-hydrogen) atoms. The lowest BCUT2D eigenvalue weighted by atomic mass is 9.98. The number of halogens is 1. The number of rotatable bonds is 5. The average Bonchev–Trinajstić information content (AvgIpc) is 2.46. The lowest BCUT2D eigenvalue weighted by Crippen LogP contribution is -2.14. The zero-order chi connectivity index (χ0) is 15.4. The number of nitrogens with two attached hydrogens (primary N) is 1. The van der Waals surface area contributed by atoms with Crippen molar-refractivity contribution in [1.29, 1.82) is 0 Å². The van der Waals surface area contributed by atoms with E-state index >= 15 is 0 Å². The minimum absolute atomic E-state index is 0.110. The first kappa shape index (κ1) is 15.9. The van der Waals surface area contributed by atoms with Gasteiger partial charge in [0, 0.05) is 10.5 Å². The van der Waals surface area contributed by atoms with Gasteiger partial charge in [-0.25, -0.2) is 0 Å². The van der Waals surface area contributed by atoms with Crippen LogP contribution in [0.2, 0.25) is 0 Å². The van der Waals surface area contributed by atoms with Crippen LogP contribution in [0, 0.1) is 6.92 Å². The van der Waals surface area contributed by atoms with E-state index in [0.29, 0.717) is 11.5 Å². The van der Waals surface area contributed by atoms with E-state index in [4.69, 9.17) is 15.2 Å². The van der Waals surface area contributed by atoms with Gasteiger partial charge in [-0.1, -0.05) is 45.8 Å². The van der Waals surface area contributed by atoms with Crippen LogP contribution in [-0.4, -0.2) is 14.2 Å². The molecule has 1 unspecified atom stereocenters. The molecule has 0 aliphatic heterocycles. The van der Waals surface area contributed by atoms with Crippen molar-refractivity contribution >= 4 is 15.9 Å². The van der Waals surface area contributed by atoms with Crippen molar-refractivity contribution in [1.82, 2.24) is 0 Å². The van der Waals surface area contributed by atoms with Crippen molar-refractivity contribution in [2.24, 2.45) is 5.73 Å². The van der Waals surface area contributed by atoms with Crippen LogP contribution in [-0.2, 0) is 6.42 Å². The zero-order valence-corrected chi connectivity index (χ0v) is 14.1. The second-order valence-electron chi connectivity index (χ2n) is 5.03. The van der Waals surface area contributed by atoms with E-state index in [2.05, 4.69) is 47.1 Å². The van der Waals surface area contributed by atoms with E-state index in [-0.39, 0.29) is 6.04 Å². The monoisotopic (exact) mass is 349 g/mol. The largest absolute Gasteiger partial charge is 0.493 e. The summed E-state index contributed by atoms with van der Waals surface area (Å²) in [6.07, 6.45) is 0.774. The molecule has 2 aromatic carbocycles. The summed E-state index contributed by atoms with van der Waals surface area (Å²) in [5, 5.41) is 0. The maximum atomic E-state index is 6.37. The highest BCUT2D eigenvalue weighted by Crippen LogP contribution is 2.36. The summed E-state index contributed by atoms with van der Waals surface area (Å²) in [5.74, 6) is 1.38. The smallest absolute Gasteiger partial charge is 0.161 e. The zero-order valence-electron chi connectivity index (χ0n) is 12.5. The Kier molecular flexibility index (Phi) is 5.26. The maximum Gasteiger partial charge on any atom is 0.161 e. The molecular weight excluding hydrogens is 330 g/mol. The lowest BCUT2D eigenvalue weighted by molar-refractivity contribution is 0.354. The highest BCUT2D eigenvalue weighted by Gasteiger charge is 2.15. The Bertz CT molecular complexity index is 628. The van der Waals surface area contributed by atoms with Crippen molar-refractivity contribution in [3.63, 3.8) is 0 Å². The summed E-state index contributed by atoms with van der Waals surface area (Å²) in [5.41, 5.74) is 9.84. The van der Waals surface area contributed by atoms with Gasteiger partial charge in [0.1, 0.15) is 0 Å². The second kappa shape index (κ2) is 6.96. The van der Waals surface area contributed by atoms with Gasteiger partial charge in [0.05, 0.1) is 14.2 Å². The second-order valence-corrected chi connectivity index (χ2v) is 5.88. The van der Waals surface area contributed by atoms with Crippen molar-refractivity contribution in [2.75, 3.05) is 14.2 Å². The Balaban J connectivity index is 2.28. The third-order valence-corrected chi connectivity index (χ3v) is 4.13. The first-order valence-corrected chi connectivity index (χ1v) is 7.57. The van der Waals surface area contributed by atoms with E-state index in [1.165, 1.54) is 11.1 Å². The minimum Gasteiger partial charge on any atom is -0.493 e. The molecule has 2 aromatic rings. The van der Waals surface area contributed by atoms with E-state index in [1.807, 2.05) is 12.1 Å². The topological polar surface area (TPSA) is 44.5 Å². The van der Waals surface area contributed by atoms with Crippen LogP contribution in [0.25, 0.3) is 0 Å². The number of hydrogen-bond acceptors (Lipinski definition) is 3. The van der Waals surface area contributed by atoms with Crippen molar-refractivity contribution in [2.45, 2.75) is 19.4 Å². The van der Waals surface area contributed by atoms with Crippen molar-refractivity contribution in [3.05, 3.63) is 57.6 Å². The third-order valence-electron chi connectivity index (χ3n) is 3.44. The van der Waals surface area contributed by atoms with Gasteiger partial charge < -0.3 is 15.2 Å². The highest BCUT2D eigenvalue weighted by atomic mass is 79.9. The molecule has 0 aliphatic rings. The Morgan fingerprint density at radius 2 is 1.76 bits per heavy atom. The summed E-state index contributed by atoms with van der Waals surface area (Å²) in [6.45, 7) is 2.08. The van der Waals surface area contributed by atoms with Crippen LogP contribution >= 0.6 is 15.9 Å². The third kappa shape index (κ3) is 3.77. The summed E-state index contributed by atoms with van der Waals surface area (Å²) in [7, 11) is 3.25. The minimum atomic E-state index is -0.110. The molecule has 0 heterocycles. The SMILES string of the molecule is COc1cc(Br)c(C(N)Cc2cccc(C)c2)cc1OC. The molecule has 112 valence electrons. The quantitative estimate of drug-likeness (QED) is 0.886. The molecular formula is C17H20BrNO2. The normalized spacial score (nSPS) is 12.0. The summed E-state index contributed by atoms with van der Waals surface area (Å²) in [6, 6.07) is 12.1. The molecule has 0 fully saturated rings. The van der Waals surface area contributed by atoms with Crippen LogP contribution in [0.15, 0.2) is 40.9 Å².